The van der Waals surface area contributed by atoms with E-state index in [0.717, 1.165) is 16.3 Å². The van der Waals surface area contributed by atoms with Crippen LogP contribution < -0.4 is 0 Å². The van der Waals surface area contributed by atoms with Crippen molar-refractivity contribution in [2.75, 3.05) is 0 Å². The average Bonchev–Trinajstić information content (AvgIpc) is 2.48. The van der Waals surface area contributed by atoms with Gasteiger partial charge in [-0.25, -0.2) is 0 Å². The predicted molar refractivity (Wildman–Crippen MR) is 50.8 cm³/mol. The van der Waals surface area contributed by atoms with Crippen LogP contribution in [0.2, 0.25) is 0 Å². The number of hydrogen-bond acceptors (Lipinski definition) is 4. The van der Waals surface area contributed by atoms with E-state index in [1.54, 1.807) is 0 Å². The molecular formula is C7H12N2OS2. The van der Waals surface area contributed by atoms with Gasteiger partial charge in [-0.2, -0.15) is 0 Å². The SMILES string of the molecule is CC[C@@H](C)[S@](=O)c1snnc1C. The van der Waals surface area contributed by atoms with Crippen molar-refractivity contribution >= 4 is 22.3 Å². The topological polar surface area (TPSA) is 42.9 Å². The zero-order valence-electron chi connectivity index (χ0n) is 7.40. The average molecular weight is 204 g/mol. The summed E-state index contributed by atoms with van der Waals surface area (Å²) in [7, 11) is -0.915. The summed E-state index contributed by atoms with van der Waals surface area (Å²) in [6.07, 6.45) is 0.921. The summed E-state index contributed by atoms with van der Waals surface area (Å²) in [4.78, 5) is 0. The molecule has 0 unspecified atom stereocenters. The third kappa shape index (κ3) is 1.90. The van der Waals surface area contributed by atoms with Gasteiger partial charge in [0, 0.05) is 5.25 Å². The summed E-state index contributed by atoms with van der Waals surface area (Å²) < 4.78 is 16.3. The Kier molecular flexibility index (Phi) is 3.34. The fourth-order valence-electron chi connectivity index (χ4n) is 0.742. The molecule has 68 valence electrons. The lowest BCUT2D eigenvalue weighted by Gasteiger charge is -2.05. The van der Waals surface area contributed by atoms with Crippen LogP contribution in [-0.2, 0) is 10.8 Å². The molecule has 1 rings (SSSR count). The molecule has 0 radical (unpaired) electrons. The molecule has 0 aliphatic heterocycles. The Hall–Kier alpha value is -0.290. The van der Waals surface area contributed by atoms with Crippen molar-refractivity contribution in [2.24, 2.45) is 0 Å². The maximum absolute atomic E-state index is 11.7. The first-order valence-corrected chi connectivity index (χ1v) is 5.85. The summed E-state index contributed by atoms with van der Waals surface area (Å²) in [6, 6.07) is 0. The Bertz CT molecular complexity index is 285. The number of nitrogens with zero attached hydrogens (tertiary/aromatic N) is 2. The van der Waals surface area contributed by atoms with Crippen molar-refractivity contribution in [1.29, 1.82) is 0 Å². The van der Waals surface area contributed by atoms with Crippen LogP contribution in [0.15, 0.2) is 4.21 Å². The van der Waals surface area contributed by atoms with Gasteiger partial charge in [0.05, 0.1) is 16.5 Å². The van der Waals surface area contributed by atoms with Gasteiger partial charge < -0.3 is 0 Å². The van der Waals surface area contributed by atoms with E-state index in [2.05, 4.69) is 9.59 Å². The predicted octanol–water partition coefficient (Wildman–Crippen LogP) is 1.75. The first-order chi connectivity index (χ1) is 5.66. The van der Waals surface area contributed by atoms with Crippen molar-refractivity contribution < 1.29 is 4.21 Å². The Labute approximate surface area is 78.8 Å². The van der Waals surface area contributed by atoms with Crippen molar-refractivity contribution in [1.82, 2.24) is 9.59 Å². The van der Waals surface area contributed by atoms with Crippen molar-refractivity contribution in [3.63, 3.8) is 0 Å². The van der Waals surface area contributed by atoms with E-state index in [-0.39, 0.29) is 5.25 Å². The number of aryl methyl sites for hydroxylation is 1. The van der Waals surface area contributed by atoms with Crippen molar-refractivity contribution in [2.45, 2.75) is 36.7 Å². The van der Waals surface area contributed by atoms with Gasteiger partial charge in [0.25, 0.3) is 0 Å². The Morgan fingerprint density at radius 1 is 1.67 bits per heavy atom. The van der Waals surface area contributed by atoms with Gasteiger partial charge in [0.1, 0.15) is 4.21 Å². The van der Waals surface area contributed by atoms with Gasteiger partial charge in [0.15, 0.2) is 0 Å². The molecule has 0 fully saturated rings. The van der Waals surface area contributed by atoms with Gasteiger partial charge in [-0.05, 0) is 24.9 Å². The summed E-state index contributed by atoms with van der Waals surface area (Å²) >= 11 is 1.24. The highest BCUT2D eigenvalue weighted by Crippen LogP contribution is 2.19. The number of hydrogen-bond donors (Lipinski definition) is 0. The molecule has 3 nitrogen and oxygen atoms in total. The Morgan fingerprint density at radius 2 is 2.33 bits per heavy atom. The highest BCUT2D eigenvalue weighted by Gasteiger charge is 2.16. The zero-order chi connectivity index (χ0) is 9.14. The molecule has 1 heterocycles. The largest absolute Gasteiger partial charge is 0.253 e. The minimum absolute atomic E-state index is 0.200. The first kappa shape index (κ1) is 9.80. The summed E-state index contributed by atoms with van der Waals surface area (Å²) in [5.41, 5.74) is 0.804. The summed E-state index contributed by atoms with van der Waals surface area (Å²) in [5.74, 6) is 0. The lowest BCUT2D eigenvalue weighted by molar-refractivity contribution is 0.671. The molecule has 0 bridgehead atoms. The molecule has 0 aromatic carbocycles. The van der Waals surface area contributed by atoms with Crippen LogP contribution in [0, 0.1) is 6.92 Å². The molecule has 12 heavy (non-hydrogen) atoms. The maximum Gasteiger partial charge on any atom is 0.135 e. The van der Waals surface area contributed by atoms with Crippen molar-refractivity contribution in [3.8, 4) is 0 Å². The molecule has 2 atom stereocenters. The van der Waals surface area contributed by atoms with E-state index >= 15 is 0 Å². The fraction of sp³-hybridized carbons (Fsp3) is 0.714. The molecule has 1 aromatic heterocycles. The molecule has 0 spiro atoms. The molecule has 0 saturated carbocycles. The van der Waals surface area contributed by atoms with Crippen LogP contribution in [0.5, 0.6) is 0 Å². The second kappa shape index (κ2) is 4.09. The second-order valence-electron chi connectivity index (χ2n) is 2.66. The molecule has 0 aliphatic rings. The molecular weight excluding hydrogens is 192 g/mol. The quantitative estimate of drug-likeness (QED) is 0.753. The molecule has 5 heteroatoms. The summed E-state index contributed by atoms with van der Waals surface area (Å²) in [5, 5.41) is 4.03. The normalized spacial score (nSPS) is 15.9. The lowest BCUT2D eigenvalue weighted by atomic mass is 10.4. The van der Waals surface area contributed by atoms with Crippen LogP contribution in [0.4, 0.5) is 0 Å². The second-order valence-corrected chi connectivity index (χ2v) is 5.48. The molecule has 1 aromatic rings. The molecule has 0 N–H and O–H groups in total. The minimum atomic E-state index is -0.915. The fourth-order valence-corrected chi connectivity index (χ4v) is 3.04. The molecule has 0 aliphatic carbocycles. The Balaban J connectivity index is 2.85. The van der Waals surface area contributed by atoms with Gasteiger partial charge >= 0.3 is 0 Å². The van der Waals surface area contributed by atoms with Crippen molar-refractivity contribution in [3.05, 3.63) is 5.69 Å². The van der Waals surface area contributed by atoms with Crippen LogP contribution in [0.1, 0.15) is 26.0 Å². The van der Waals surface area contributed by atoms with E-state index in [1.165, 1.54) is 11.5 Å². The minimum Gasteiger partial charge on any atom is -0.253 e. The molecule has 0 saturated heterocycles. The van der Waals surface area contributed by atoms with Gasteiger partial charge in [0.2, 0.25) is 0 Å². The van der Waals surface area contributed by atoms with Gasteiger partial charge in [-0.1, -0.05) is 18.3 Å². The van der Waals surface area contributed by atoms with Gasteiger partial charge in [-0.3, -0.25) is 4.21 Å². The zero-order valence-corrected chi connectivity index (χ0v) is 9.04. The van der Waals surface area contributed by atoms with E-state index in [0.29, 0.717) is 0 Å². The van der Waals surface area contributed by atoms with Crippen LogP contribution >= 0.6 is 11.5 Å². The third-order valence-electron chi connectivity index (χ3n) is 1.73. The van der Waals surface area contributed by atoms with E-state index in [4.69, 9.17) is 0 Å². The maximum atomic E-state index is 11.7. The standard InChI is InChI=1S/C7H12N2OS2/c1-4-5(2)12(10)7-6(3)8-9-11-7/h5H,4H2,1-3H3/t5-,12+/m1/s1. The highest BCUT2D eigenvalue weighted by molar-refractivity contribution is 7.87. The molecule has 0 amide bonds. The number of aromatic nitrogens is 2. The van der Waals surface area contributed by atoms with E-state index in [9.17, 15) is 4.21 Å². The van der Waals surface area contributed by atoms with Crippen LogP contribution in [0.25, 0.3) is 0 Å². The first-order valence-electron chi connectivity index (χ1n) is 3.86. The third-order valence-corrected chi connectivity index (χ3v) is 4.80. The number of rotatable bonds is 3. The smallest absolute Gasteiger partial charge is 0.135 e. The van der Waals surface area contributed by atoms with E-state index in [1.807, 2.05) is 20.8 Å². The summed E-state index contributed by atoms with van der Waals surface area (Å²) in [6.45, 7) is 5.86. The lowest BCUT2D eigenvalue weighted by Crippen LogP contribution is -2.08. The van der Waals surface area contributed by atoms with Crippen LogP contribution in [0.3, 0.4) is 0 Å². The van der Waals surface area contributed by atoms with E-state index < -0.39 is 10.8 Å². The monoisotopic (exact) mass is 204 g/mol. The van der Waals surface area contributed by atoms with Gasteiger partial charge in [-0.15, -0.1) is 5.10 Å². The highest BCUT2D eigenvalue weighted by atomic mass is 32.2. The Morgan fingerprint density at radius 3 is 2.75 bits per heavy atom. The van der Waals surface area contributed by atoms with Crippen LogP contribution in [-0.4, -0.2) is 19.0 Å².